The second-order valence-corrected chi connectivity index (χ2v) is 11.7. The summed E-state index contributed by atoms with van der Waals surface area (Å²) in [4.78, 5) is 26.5. The molecule has 4 N–H and O–H groups in total. The second kappa shape index (κ2) is 12.6. The number of aromatic amines is 1. The summed E-state index contributed by atoms with van der Waals surface area (Å²) in [7, 11) is 2.12. The van der Waals surface area contributed by atoms with E-state index in [-0.39, 0.29) is 30.1 Å². The van der Waals surface area contributed by atoms with Gasteiger partial charge in [0.1, 0.15) is 17.5 Å². The zero-order valence-corrected chi connectivity index (χ0v) is 24.5. The minimum atomic E-state index is -0.318. The van der Waals surface area contributed by atoms with Gasteiger partial charge in [-0.25, -0.2) is 4.39 Å². The van der Waals surface area contributed by atoms with E-state index in [0.29, 0.717) is 17.6 Å². The number of likely N-dealkylation sites (N-methyl/N-ethyl adjacent to an activating group) is 1. The largest absolute Gasteiger partial charge is 0.354 e. The highest BCUT2D eigenvalue weighted by molar-refractivity contribution is 5.78. The van der Waals surface area contributed by atoms with Crippen LogP contribution < -0.4 is 20.9 Å². The maximum absolute atomic E-state index is 13.4. The van der Waals surface area contributed by atoms with Crippen molar-refractivity contribution in [1.29, 1.82) is 0 Å². The lowest BCUT2D eigenvalue weighted by Gasteiger charge is -2.33. The van der Waals surface area contributed by atoms with Crippen LogP contribution in [-0.4, -0.2) is 64.2 Å². The molecule has 3 heterocycles. The lowest BCUT2D eigenvalue weighted by molar-refractivity contribution is -0.120. The molecule has 0 atom stereocenters. The number of anilines is 5. The van der Waals surface area contributed by atoms with Crippen molar-refractivity contribution in [2.45, 2.75) is 39.2 Å². The predicted octanol–water partition coefficient (Wildman–Crippen LogP) is 4.73. The fourth-order valence-corrected chi connectivity index (χ4v) is 4.58. The van der Waals surface area contributed by atoms with Crippen molar-refractivity contribution in [2.24, 2.45) is 0 Å². The average molecular weight is 572 g/mol. The van der Waals surface area contributed by atoms with Crippen LogP contribution in [0.4, 0.5) is 33.5 Å². The number of hydrogen-bond donors (Lipinski definition) is 4. The summed E-state index contributed by atoms with van der Waals surface area (Å²) in [6.07, 6.45) is 0.222. The zero-order chi connectivity index (χ0) is 29.7. The first-order valence-corrected chi connectivity index (χ1v) is 14.1. The van der Waals surface area contributed by atoms with Crippen LogP contribution in [-0.2, 0) is 23.2 Å². The van der Waals surface area contributed by atoms with E-state index in [1.165, 1.54) is 12.1 Å². The first kappa shape index (κ1) is 29.0. The van der Waals surface area contributed by atoms with E-state index in [9.17, 15) is 9.18 Å². The molecule has 5 rings (SSSR count). The highest BCUT2D eigenvalue weighted by Gasteiger charge is 2.19. The summed E-state index contributed by atoms with van der Waals surface area (Å²) in [6.45, 7) is 10.3. The topological polar surface area (TPSA) is 114 Å². The van der Waals surface area contributed by atoms with E-state index < -0.39 is 0 Å². The fraction of sp³-hybridized carbons (Fsp3) is 0.355. The summed E-state index contributed by atoms with van der Waals surface area (Å²) in [6, 6.07) is 17.8. The third-order valence-electron chi connectivity index (χ3n) is 7.14. The Kier molecular flexibility index (Phi) is 8.67. The Balaban J connectivity index is 1.27. The third kappa shape index (κ3) is 7.82. The summed E-state index contributed by atoms with van der Waals surface area (Å²) < 4.78 is 13.4. The van der Waals surface area contributed by atoms with Crippen molar-refractivity contribution in [3.05, 3.63) is 83.3 Å². The maximum Gasteiger partial charge on any atom is 0.231 e. The molecule has 0 spiro atoms. The minimum Gasteiger partial charge on any atom is -0.354 e. The van der Waals surface area contributed by atoms with Gasteiger partial charge in [-0.2, -0.15) is 15.1 Å². The van der Waals surface area contributed by atoms with Gasteiger partial charge in [-0.05, 0) is 42.4 Å². The van der Waals surface area contributed by atoms with E-state index in [0.717, 1.165) is 54.5 Å². The number of amides is 1. The number of hydrogen-bond acceptors (Lipinski definition) is 8. The fourth-order valence-electron chi connectivity index (χ4n) is 4.58. The van der Waals surface area contributed by atoms with Gasteiger partial charge in [-0.15, -0.1) is 0 Å². The first-order valence-electron chi connectivity index (χ1n) is 14.1. The van der Waals surface area contributed by atoms with Crippen molar-refractivity contribution in [3.8, 4) is 0 Å². The lowest BCUT2D eigenvalue weighted by Crippen LogP contribution is -2.44. The molecule has 2 aromatic heterocycles. The first-order chi connectivity index (χ1) is 20.1. The molecule has 1 fully saturated rings. The minimum absolute atomic E-state index is 0.0511. The van der Waals surface area contributed by atoms with Crippen LogP contribution in [0.3, 0.4) is 0 Å². The molecule has 11 heteroatoms. The highest BCUT2D eigenvalue weighted by Crippen LogP contribution is 2.26. The van der Waals surface area contributed by atoms with Crippen LogP contribution in [0.2, 0.25) is 0 Å². The molecule has 0 aliphatic carbocycles. The molecule has 2 aromatic carbocycles. The monoisotopic (exact) mass is 571 g/mol. The zero-order valence-electron chi connectivity index (χ0n) is 24.5. The predicted molar refractivity (Wildman–Crippen MR) is 164 cm³/mol. The second-order valence-electron chi connectivity index (χ2n) is 11.7. The Hall–Kier alpha value is -4.51. The number of nitrogens with zero attached hydrogens (tertiary/aromatic N) is 5. The number of rotatable bonds is 9. The Bertz CT molecular complexity index is 1510. The number of nitrogens with one attached hydrogen (secondary N) is 4. The van der Waals surface area contributed by atoms with E-state index >= 15 is 0 Å². The summed E-state index contributed by atoms with van der Waals surface area (Å²) in [5, 5.41) is 17.0. The van der Waals surface area contributed by atoms with Crippen LogP contribution in [0.15, 0.2) is 60.7 Å². The number of benzene rings is 2. The molecule has 1 saturated heterocycles. The van der Waals surface area contributed by atoms with Crippen LogP contribution >= 0.6 is 0 Å². The van der Waals surface area contributed by atoms with Crippen molar-refractivity contribution in [1.82, 2.24) is 30.4 Å². The van der Waals surface area contributed by atoms with E-state index in [1.54, 1.807) is 12.1 Å². The normalized spacial score (nSPS) is 14.1. The van der Waals surface area contributed by atoms with E-state index in [1.807, 2.05) is 36.4 Å². The molecule has 42 heavy (non-hydrogen) atoms. The average Bonchev–Trinajstić information content (AvgIpc) is 3.43. The molecule has 220 valence electrons. The van der Waals surface area contributed by atoms with Gasteiger partial charge in [-0.3, -0.25) is 9.89 Å². The Labute approximate surface area is 245 Å². The van der Waals surface area contributed by atoms with Crippen LogP contribution in [0.25, 0.3) is 0 Å². The molecule has 0 radical (unpaired) electrons. The van der Waals surface area contributed by atoms with Crippen molar-refractivity contribution in [3.63, 3.8) is 0 Å². The van der Waals surface area contributed by atoms with E-state index in [2.05, 4.69) is 63.8 Å². The number of piperazine rings is 1. The van der Waals surface area contributed by atoms with Crippen molar-refractivity contribution >= 4 is 35.0 Å². The smallest absolute Gasteiger partial charge is 0.231 e. The van der Waals surface area contributed by atoms with Crippen molar-refractivity contribution < 1.29 is 9.18 Å². The van der Waals surface area contributed by atoms with Gasteiger partial charge in [0.2, 0.25) is 11.9 Å². The SMILES string of the molecule is CN1CCN(c2cc(Nc3cc(C(C)(C)C)[nH]n3)nc(Nc3ccc(CC(=O)NCc4cccc(F)c4)cc3)n2)CC1. The number of carbonyl (C=O) groups is 1. The Morgan fingerprint density at radius 3 is 2.38 bits per heavy atom. The van der Waals surface area contributed by atoms with Gasteiger partial charge in [0.05, 0.1) is 6.42 Å². The van der Waals surface area contributed by atoms with Gasteiger partial charge in [0.15, 0.2) is 5.82 Å². The van der Waals surface area contributed by atoms with Gasteiger partial charge < -0.3 is 25.8 Å². The third-order valence-corrected chi connectivity index (χ3v) is 7.14. The molecule has 1 aliphatic rings. The number of halogens is 1. The lowest BCUT2D eigenvalue weighted by atomic mass is 9.92. The Morgan fingerprint density at radius 1 is 0.929 bits per heavy atom. The molecular weight excluding hydrogens is 533 g/mol. The number of carbonyl (C=O) groups excluding carboxylic acids is 1. The molecule has 0 saturated carbocycles. The molecule has 10 nitrogen and oxygen atoms in total. The van der Waals surface area contributed by atoms with Gasteiger partial charge in [0, 0.05) is 61.7 Å². The van der Waals surface area contributed by atoms with Gasteiger partial charge in [0.25, 0.3) is 0 Å². The molecule has 0 unspecified atom stereocenters. The van der Waals surface area contributed by atoms with Crippen molar-refractivity contribution in [2.75, 3.05) is 48.8 Å². The maximum atomic E-state index is 13.4. The van der Waals surface area contributed by atoms with E-state index in [4.69, 9.17) is 9.97 Å². The number of H-pyrrole nitrogens is 1. The summed E-state index contributed by atoms with van der Waals surface area (Å²) in [5.41, 5.74) is 3.36. The Morgan fingerprint density at radius 2 is 1.69 bits per heavy atom. The van der Waals surface area contributed by atoms with Gasteiger partial charge >= 0.3 is 0 Å². The van der Waals surface area contributed by atoms with Crippen LogP contribution in [0, 0.1) is 5.82 Å². The molecular formula is C31H38FN9O. The summed E-state index contributed by atoms with van der Waals surface area (Å²) >= 11 is 0. The molecule has 1 aliphatic heterocycles. The molecule has 0 bridgehead atoms. The standard InChI is InChI=1S/C31H38FN9O/c1-31(2,3)25-18-27(39-38-25)35-26-19-28(41-14-12-40(4)13-15-41)37-30(36-26)34-24-10-8-21(9-11-24)17-29(42)33-20-22-6-5-7-23(32)16-22/h5-11,16,18-19H,12-15,17,20H2,1-4H3,(H,33,42)(H3,34,35,36,37,38,39). The van der Waals surface area contributed by atoms with Crippen LogP contribution in [0.1, 0.15) is 37.6 Å². The number of aromatic nitrogens is 4. The quantitative estimate of drug-likeness (QED) is 0.228. The molecule has 1 amide bonds. The summed E-state index contributed by atoms with van der Waals surface area (Å²) in [5.74, 6) is 2.17. The highest BCUT2D eigenvalue weighted by atomic mass is 19.1. The van der Waals surface area contributed by atoms with Crippen LogP contribution in [0.5, 0.6) is 0 Å². The van der Waals surface area contributed by atoms with Gasteiger partial charge in [-0.1, -0.05) is 45.0 Å². The molecule has 4 aromatic rings.